The number of alkyl halides is 3. The normalized spacial score (nSPS) is 19.0. The highest BCUT2D eigenvalue weighted by Gasteiger charge is 2.54. The van der Waals surface area contributed by atoms with Crippen LogP contribution in [0.2, 0.25) is 0 Å². The molecule has 1 unspecified atom stereocenters. The number of likely N-dealkylation sites (tertiary alicyclic amines) is 1. The van der Waals surface area contributed by atoms with Gasteiger partial charge in [0.25, 0.3) is 0 Å². The molecule has 1 aliphatic carbocycles. The molecule has 44 heavy (non-hydrogen) atoms. The average Bonchev–Trinajstić information content (AvgIpc) is 3.24. The number of rotatable bonds is 5. The number of fused-ring (bicyclic) bond motifs is 1. The zero-order valence-corrected chi connectivity index (χ0v) is 25.0. The Kier molecular flexibility index (Phi) is 7.28. The number of pyridine rings is 1. The van der Waals surface area contributed by atoms with Crippen LogP contribution in [0.5, 0.6) is 5.88 Å². The molecule has 1 aromatic heterocycles. The van der Waals surface area contributed by atoms with Crippen LogP contribution in [-0.2, 0) is 30.4 Å². The fourth-order valence-corrected chi connectivity index (χ4v) is 6.40. The third-order valence-electron chi connectivity index (χ3n) is 8.43. The van der Waals surface area contributed by atoms with Crippen LogP contribution in [0.4, 0.5) is 32.4 Å². The van der Waals surface area contributed by atoms with Crippen molar-refractivity contribution in [2.24, 2.45) is 11.3 Å². The Balaban J connectivity index is 1.17. The minimum atomic E-state index is -4.91. The van der Waals surface area contributed by atoms with Crippen molar-refractivity contribution in [3.63, 3.8) is 0 Å². The fraction of sp³-hybridized carbons (Fsp3) is 0.455. The van der Waals surface area contributed by atoms with Gasteiger partial charge in [-0.05, 0) is 86.6 Å². The number of carbonyl (C=O) groups is 1. The van der Waals surface area contributed by atoms with E-state index < -0.39 is 34.5 Å². The van der Waals surface area contributed by atoms with Crippen LogP contribution in [-0.4, -0.2) is 47.8 Å². The second-order valence-electron chi connectivity index (χ2n) is 13.4. The SMILES string of the molecule is CC1Cc2cnc(OCc3cc(-c4ccc(N5CC6(CN(C(=O)OC(C)(C)C)C6)C5)cc4F)c(C(F)(F)F)cc3F)cc2C1. The maximum atomic E-state index is 15.5. The summed E-state index contributed by atoms with van der Waals surface area (Å²) in [4.78, 5) is 20.1. The average molecular weight is 616 g/mol. The second-order valence-corrected chi connectivity index (χ2v) is 13.4. The fourth-order valence-electron chi connectivity index (χ4n) is 6.40. The van der Waals surface area contributed by atoms with E-state index in [1.54, 1.807) is 44.0 Å². The molecule has 0 radical (unpaired) electrons. The van der Waals surface area contributed by atoms with Gasteiger partial charge in [-0.25, -0.2) is 18.6 Å². The Hall–Kier alpha value is -3.89. The number of benzene rings is 2. The third-order valence-corrected chi connectivity index (χ3v) is 8.43. The molecule has 234 valence electrons. The van der Waals surface area contributed by atoms with Gasteiger partial charge in [0.2, 0.25) is 5.88 Å². The summed E-state index contributed by atoms with van der Waals surface area (Å²) in [7, 11) is 0. The topological polar surface area (TPSA) is 54.9 Å². The molecule has 2 fully saturated rings. The van der Waals surface area contributed by atoms with E-state index in [0.29, 0.717) is 43.9 Å². The van der Waals surface area contributed by atoms with Crippen LogP contribution in [0.3, 0.4) is 0 Å². The Bertz CT molecular complexity index is 1600. The van der Waals surface area contributed by atoms with Crippen molar-refractivity contribution < 1.29 is 36.2 Å². The van der Waals surface area contributed by atoms with Gasteiger partial charge >= 0.3 is 12.3 Å². The second kappa shape index (κ2) is 10.6. The van der Waals surface area contributed by atoms with E-state index in [0.717, 1.165) is 30.0 Å². The Morgan fingerprint density at radius 2 is 1.66 bits per heavy atom. The number of nitrogens with zero attached hydrogens (tertiary/aromatic N) is 3. The molecule has 6 nitrogen and oxygen atoms in total. The van der Waals surface area contributed by atoms with Gasteiger partial charge in [-0.1, -0.05) is 6.92 Å². The molecule has 2 saturated heterocycles. The predicted molar refractivity (Wildman–Crippen MR) is 154 cm³/mol. The third kappa shape index (κ3) is 5.93. The first-order valence-corrected chi connectivity index (χ1v) is 14.6. The Labute approximate surface area is 252 Å². The molecule has 0 bridgehead atoms. The van der Waals surface area contributed by atoms with Crippen molar-refractivity contribution in [1.29, 1.82) is 0 Å². The van der Waals surface area contributed by atoms with Crippen LogP contribution in [0.1, 0.15) is 49.9 Å². The highest BCUT2D eigenvalue weighted by Crippen LogP contribution is 2.44. The predicted octanol–water partition coefficient (Wildman–Crippen LogP) is 7.42. The summed E-state index contributed by atoms with van der Waals surface area (Å²) in [6.45, 7) is 9.36. The summed E-state index contributed by atoms with van der Waals surface area (Å²) in [6, 6.07) is 7.22. The zero-order valence-electron chi connectivity index (χ0n) is 25.0. The molecule has 3 aliphatic rings. The van der Waals surface area contributed by atoms with E-state index in [9.17, 15) is 22.4 Å². The van der Waals surface area contributed by atoms with Crippen LogP contribution in [0.25, 0.3) is 11.1 Å². The Morgan fingerprint density at radius 3 is 2.32 bits per heavy atom. The lowest BCUT2D eigenvalue weighted by Crippen LogP contribution is -2.73. The maximum absolute atomic E-state index is 15.5. The van der Waals surface area contributed by atoms with E-state index >= 15 is 4.39 Å². The van der Waals surface area contributed by atoms with E-state index in [-0.39, 0.29) is 35.1 Å². The molecule has 0 saturated carbocycles. The highest BCUT2D eigenvalue weighted by atomic mass is 19.4. The molecule has 1 amide bonds. The summed E-state index contributed by atoms with van der Waals surface area (Å²) in [5.74, 6) is -1.22. The van der Waals surface area contributed by atoms with Crippen molar-refractivity contribution in [2.75, 3.05) is 31.1 Å². The lowest BCUT2D eigenvalue weighted by Gasteiger charge is -2.60. The molecule has 1 atom stereocenters. The minimum absolute atomic E-state index is 0.118. The van der Waals surface area contributed by atoms with Crippen molar-refractivity contribution in [1.82, 2.24) is 9.88 Å². The van der Waals surface area contributed by atoms with E-state index in [1.807, 2.05) is 4.90 Å². The zero-order chi connectivity index (χ0) is 31.6. The highest BCUT2D eigenvalue weighted by molar-refractivity contribution is 5.73. The van der Waals surface area contributed by atoms with Gasteiger partial charge in [-0.15, -0.1) is 0 Å². The maximum Gasteiger partial charge on any atom is 0.417 e. The molecule has 3 heterocycles. The van der Waals surface area contributed by atoms with Crippen molar-refractivity contribution in [2.45, 2.75) is 58.9 Å². The number of hydrogen-bond acceptors (Lipinski definition) is 5. The summed E-state index contributed by atoms with van der Waals surface area (Å²) in [5, 5.41) is 0. The molecule has 3 aromatic rings. The summed E-state index contributed by atoms with van der Waals surface area (Å²) < 4.78 is 83.4. The number of aromatic nitrogens is 1. The van der Waals surface area contributed by atoms with E-state index in [2.05, 4.69) is 11.9 Å². The van der Waals surface area contributed by atoms with Crippen molar-refractivity contribution in [3.8, 4) is 17.0 Å². The van der Waals surface area contributed by atoms with E-state index in [1.165, 1.54) is 12.1 Å². The van der Waals surface area contributed by atoms with Gasteiger partial charge in [0, 0.05) is 60.7 Å². The number of ether oxygens (including phenoxy) is 2. The number of amides is 1. The van der Waals surface area contributed by atoms with Crippen LogP contribution in [0.15, 0.2) is 42.6 Å². The lowest BCUT2D eigenvalue weighted by molar-refractivity contribution is -0.137. The quantitative estimate of drug-likeness (QED) is 0.280. The summed E-state index contributed by atoms with van der Waals surface area (Å²) in [5.41, 5.74) is -0.152. The standard InChI is InChI=1S/C33H34F5N3O3/c1-19-7-20-10-29(39-13-21(20)8-19)43-14-22-9-25(26(12-27(22)34)33(36,37)38)24-6-5-23(11-28(24)35)40-15-32(16-40)17-41(18-32)30(42)44-31(2,3)4/h5-6,9-13,19H,7-8,14-18H2,1-4H3. The number of carbonyl (C=O) groups excluding carboxylic acids is 1. The molecular formula is C33H34F5N3O3. The van der Waals surface area contributed by atoms with Crippen LogP contribution in [0, 0.1) is 23.0 Å². The van der Waals surface area contributed by atoms with Gasteiger partial charge in [0.1, 0.15) is 23.8 Å². The van der Waals surface area contributed by atoms with Crippen molar-refractivity contribution >= 4 is 11.8 Å². The molecular weight excluding hydrogens is 581 g/mol. The first kappa shape index (κ1) is 30.1. The minimum Gasteiger partial charge on any atom is -0.473 e. The molecule has 2 aromatic carbocycles. The summed E-state index contributed by atoms with van der Waals surface area (Å²) >= 11 is 0. The lowest BCUT2D eigenvalue weighted by atomic mass is 9.73. The van der Waals surface area contributed by atoms with Crippen LogP contribution < -0.4 is 9.64 Å². The van der Waals surface area contributed by atoms with Crippen LogP contribution >= 0.6 is 0 Å². The molecule has 11 heteroatoms. The van der Waals surface area contributed by atoms with Gasteiger partial charge < -0.3 is 19.3 Å². The monoisotopic (exact) mass is 615 g/mol. The van der Waals surface area contributed by atoms with Gasteiger partial charge in [-0.2, -0.15) is 13.2 Å². The first-order chi connectivity index (χ1) is 20.6. The Morgan fingerprint density at radius 1 is 0.955 bits per heavy atom. The summed E-state index contributed by atoms with van der Waals surface area (Å²) in [6.07, 6.45) is -1.80. The first-order valence-electron chi connectivity index (χ1n) is 14.6. The van der Waals surface area contributed by atoms with Gasteiger partial charge in [0.15, 0.2) is 0 Å². The molecule has 6 rings (SSSR count). The smallest absolute Gasteiger partial charge is 0.417 e. The number of anilines is 1. The largest absolute Gasteiger partial charge is 0.473 e. The molecule has 2 aliphatic heterocycles. The number of halogens is 5. The number of hydrogen-bond donors (Lipinski definition) is 0. The van der Waals surface area contributed by atoms with Gasteiger partial charge in [-0.3, -0.25) is 0 Å². The van der Waals surface area contributed by atoms with Crippen molar-refractivity contribution in [3.05, 3.63) is 76.5 Å². The van der Waals surface area contributed by atoms with E-state index in [4.69, 9.17) is 9.47 Å². The molecule has 0 N–H and O–H groups in total. The van der Waals surface area contributed by atoms with Gasteiger partial charge in [0.05, 0.1) is 5.56 Å². The molecule has 1 spiro atoms.